The number of para-hydroxylation sites is 1. The van der Waals surface area contributed by atoms with E-state index in [2.05, 4.69) is 25.5 Å². The van der Waals surface area contributed by atoms with Gasteiger partial charge in [0.05, 0.1) is 11.3 Å². The number of nitrogens with two attached hydrogens (primary N) is 1. The molecule has 3 heterocycles. The SMILES string of the molecule is N=C(c1ccc(Oc2ccccc2)cc1)c1c(N)ncnc1NC1CCN(C2CNC2)CC1. The Labute approximate surface area is 193 Å². The highest BCUT2D eigenvalue weighted by atomic mass is 16.5. The first kappa shape index (κ1) is 21.4. The van der Waals surface area contributed by atoms with Crippen molar-refractivity contribution in [1.82, 2.24) is 20.2 Å². The van der Waals surface area contributed by atoms with Crippen molar-refractivity contribution < 1.29 is 4.74 Å². The van der Waals surface area contributed by atoms with Gasteiger partial charge in [-0.3, -0.25) is 10.3 Å². The van der Waals surface area contributed by atoms with E-state index < -0.39 is 0 Å². The Morgan fingerprint density at radius 3 is 2.36 bits per heavy atom. The molecule has 33 heavy (non-hydrogen) atoms. The average Bonchev–Trinajstić information content (AvgIpc) is 2.80. The monoisotopic (exact) mass is 443 g/mol. The molecular formula is C25H29N7O. The summed E-state index contributed by atoms with van der Waals surface area (Å²) in [5.74, 6) is 2.41. The minimum absolute atomic E-state index is 0.292. The Kier molecular flexibility index (Phi) is 6.19. The highest BCUT2D eigenvalue weighted by molar-refractivity contribution is 6.16. The quantitative estimate of drug-likeness (QED) is 0.415. The number of benzene rings is 2. The zero-order chi connectivity index (χ0) is 22.6. The van der Waals surface area contributed by atoms with Crippen molar-refractivity contribution in [2.75, 3.05) is 37.2 Å². The topological polar surface area (TPSA) is 112 Å². The van der Waals surface area contributed by atoms with Gasteiger partial charge in [0.15, 0.2) is 0 Å². The molecule has 8 nitrogen and oxygen atoms in total. The van der Waals surface area contributed by atoms with E-state index in [-0.39, 0.29) is 0 Å². The zero-order valence-corrected chi connectivity index (χ0v) is 18.5. The van der Waals surface area contributed by atoms with Gasteiger partial charge < -0.3 is 21.1 Å². The molecule has 0 aliphatic carbocycles. The Morgan fingerprint density at radius 1 is 1.00 bits per heavy atom. The van der Waals surface area contributed by atoms with Gasteiger partial charge in [-0.25, -0.2) is 9.97 Å². The van der Waals surface area contributed by atoms with Crippen LogP contribution < -0.4 is 21.1 Å². The fraction of sp³-hybridized carbons (Fsp3) is 0.320. The summed E-state index contributed by atoms with van der Waals surface area (Å²) in [5.41, 5.74) is 7.77. The van der Waals surface area contributed by atoms with Crippen LogP contribution in [0.5, 0.6) is 11.5 Å². The number of aromatic nitrogens is 2. The molecule has 0 unspecified atom stereocenters. The Balaban J connectivity index is 1.28. The van der Waals surface area contributed by atoms with Crippen LogP contribution in [-0.4, -0.2) is 58.8 Å². The third kappa shape index (κ3) is 4.81. The van der Waals surface area contributed by atoms with Crippen molar-refractivity contribution >= 4 is 17.3 Å². The molecule has 3 aromatic rings. The lowest BCUT2D eigenvalue weighted by molar-refractivity contribution is 0.117. The minimum atomic E-state index is 0.292. The maximum atomic E-state index is 8.83. The van der Waals surface area contributed by atoms with Crippen molar-refractivity contribution in [3.05, 3.63) is 72.1 Å². The van der Waals surface area contributed by atoms with Crippen LogP contribution in [0.15, 0.2) is 60.9 Å². The summed E-state index contributed by atoms with van der Waals surface area (Å²) in [5, 5.41) is 15.7. The average molecular weight is 444 g/mol. The number of anilines is 2. The second-order valence-corrected chi connectivity index (χ2v) is 8.56. The summed E-state index contributed by atoms with van der Waals surface area (Å²) in [7, 11) is 0. The molecule has 170 valence electrons. The molecule has 0 amide bonds. The van der Waals surface area contributed by atoms with Gasteiger partial charge in [0.2, 0.25) is 0 Å². The van der Waals surface area contributed by atoms with E-state index in [1.165, 1.54) is 6.33 Å². The first-order valence-electron chi connectivity index (χ1n) is 11.4. The summed E-state index contributed by atoms with van der Waals surface area (Å²) in [6.07, 6.45) is 3.54. The van der Waals surface area contributed by atoms with Crippen molar-refractivity contribution in [1.29, 1.82) is 5.41 Å². The summed E-state index contributed by atoms with van der Waals surface area (Å²) < 4.78 is 5.86. The molecule has 2 aromatic carbocycles. The minimum Gasteiger partial charge on any atom is -0.457 e. The van der Waals surface area contributed by atoms with Crippen LogP contribution in [0, 0.1) is 5.41 Å². The fourth-order valence-electron chi connectivity index (χ4n) is 4.35. The Bertz CT molecular complexity index is 1090. The second-order valence-electron chi connectivity index (χ2n) is 8.56. The second kappa shape index (κ2) is 9.56. The Hall–Kier alpha value is -3.49. The van der Waals surface area contributed by atoms with E-state index in [9.17, 15) is 0 Å². The van der Waals surface area contributed by atoms with E-state index in [0.29, 0.717) is 40.7 Å². The predicted molar refractivity (Wildman–Crippen MR) is 130 cm³/mol. The first-order chi connectivity index (χ1) is 16.2. The molecule has 2 aliphatic rings. The standard InChI is InChI=1S/C25H29N7O/c26-23(17-6-8-21(9-7-17)33-20-4-2-1-3-5-20)22-24(27)29-16-30-25(22)31-18-10-12-32(13-11-18)19-14-28-15-19/h1-9,16,18-19,26,28H,10-15H2,(H3,27,29,30,31). The molecule has 0 radical (unpaired) electrons. The summed E-state index contributed by atoms with van der Waals surface area (Å²) in [4.78, 5) is 11.2. The van der Waals surface area contributed by atoms with Gasteiger partial charge in [-0.2, -0.15) is 0 Å². The van der Waals surface area contributed by atoms with Gasteiger partial charge in [-0.05, 0) is 49.2 Å². The van der Waals surface area contributed by atoms with E-state index >= 15 is 0 Å². The highest BCUT2D eigenvalue weighted by Gasteiger charge is 2.29. The molecule has 0 saturated carbocycles. The number of hydrogen-bond donors (Lipinski definition) is 4. The molecule has 2 saturated heterocycles. The van der Waals surface area contributed by atoms with E-state index in [1.54, 1.807) is 0 Å². The van der Waals surface area contributed by atoms with Crippen molar-refractivity contribution in [2.45, 2.75) is 24.9 Å². The summed E-state index contributed by atoms with van der Waals surface area (Å²) >= 11 is 0. The molecule has 0 spiro atoms. The fourth-order valence-corrected chi connectivity index (χ4v) is 4.35. The number of nitrogens with one attached hydrogen (secondary N) is 3. The third-order valence-electron chi connectivity index (χ3n) is 6.40. The zero-order valence-electron chi connectivity index (χ0n) is 18.5. The van der Waals surface area contributed by atoms with Gasteiger partial charge in [-0.15, -0.1) is 0 Å². The lowest BCUT2D eigenvalue weighted by Gasteiger charge is -2.42. The third-order valence-corrected chi connectivity index (χ3v) is 6.40. The van der Waals surface area contributed by atoms with Crippen LogP contribution in [0.25, 0.3) is 0 Å². The predicted octanol–water partition coefficient (Wildman–Crippen LogP) is 3.12. The number of piperidine rings is 1. The van der Waals surface area contributed by atoms with Crippen LogP contribution in [0.3, 0.4) is 0 Å². The van der Waals surface area contributed by atoms with Crippen LogP contribution in [0.1, 0.15) is 24.0 Å². The van der Waals surface area contributed by atoms with E-state index in [0.717, 1.165) is 50.3 Å². The molecule has 5 rings (SSSR count). The summed E-state index contributed by atoms with van der Waals surface area (Å²) in [6.45, 7) is 4.33. The molecular weight excluding hydrogens is 414 g/mol. The van der Waals surface area contributed by atoms with Crippen LogP contribution >= 0.6 is 0 Å². The van der Waals surface area contributed by atoms with Gasteiger partial charge >= 0.3 is 0 Å². The largest absolute Gasteiger partial charge is 0.457 e. The number of nitrogen functional groups attached to an aromatic ring is 1. The lowest BCUT2D eigenvalue weighted by Crippen LogP contribution is -2.59. The van der Waals surface area contributed by atoms with Crippen molar-refractivity contribution in [2.24, 2.45) is 0 Å². The van der Waals surface area contributed by atoms with Gasteiger partial charge in [0, 0.05) is 43.8 Å². The molecule has 5 N–H and O–H groups in total. The van der Waals surface area contributed by atoms with Crippen LogP contribution in [0.2, 0.25) is 0 Å². The normalized spacial score (nSPS) is 17.3. The molecule has 1 aromatic heterocycles. The molecule has 0 atom stereocenters. The van der Waals surface area contributed by atoms with Crippen molar-refractivity contribution in [3.8, 4) is 11.5 Å². The van der Waals surface area contributed by atoms with E-state index in [4.69, 9.17) is 15.9 Å². The smallest absolute Gasteiger partial charge is 0.141 e. The Morgan fingerprint density at radius 2 is 1.70 bits per heavy atom. The number of hydrogen-bond acceptors (Lipinski definition) is 8. The number of ether oxygens (including phenoxy) is 1. The van der Waals surface area contributed by atoms with Gasteiger partial charge in [-0.1, -0.05) is 18.2 Å². The maximum absolute atomic E-state index is 8.83. The molecule has 2 aliphatic heterocycles. The lowest BCUT2D eigenvalue weighted by atomic mass is 9.99. The maximum Gasteiger partial charge on any atom is 0.141 e. The molecule has 2 fully saturated rings. The number of likely N-dealkylation sites (tertiary alicyclic amines) is 1. The van der Waals surface area contributed by atoms with E-state index in [1.807, 2.05) is 54.6 Å². The van der Waals surface area contributed by atoms with Gasteiger partial charge in [0.1, 0.15) is 29.5 Å². The molecule has 0 bridgehead atoms. The van der Waals surface area contributed by atoms with Gasteiger partial charge in [0.25, 0.3) is 0 Å². The van der Waals surface area contributed by atoms with Crippen LogP contribution in [-0.2, 0) is 0 Å². The highest BCUT2D eigenvalue weighted by Crippen LogP contribution is 2.27. The number of nitrogens with zero attached hydrogens (tertiary/aromatic N) is 3. The van der Waals surface area contributed by atoms with Crippen LogP contribution in [0.4, 0.5) is 11.6 Å². The van der Waals surface area contributed by atoms with Crippen molar-refractivity contribution in [3.63, 3.8) is 0 Å². The number of rotatable bonds is 7. The molecule has 8 heteroatoms. The first-order valence-corrected chi connectivity index (χ1v) is 11.4. The summed E-state index contributed by atoms with van der Waals surface area (Å²) in [6, 6.07) is 18.0.